The average molecular weight is 267 g/mol. The van der Waals surface area contributed by atoms with Crippen molar-refractivity contribution in [2.75, 3.05) is 5.33 Å². The molecule has 0 bridgehead atoms. The molecule has 3 heteroatoms. The van der Waals surface area contributed by atoms with Crippen LogP contribution in [0.25, 0.3) is 0 Å². The van der Waals surface area contributed by atoms with Crippen LogP contribution in [0.3, 0.4) is 0 Å². The molecule has 1 aliphatic rings. The van der Waals surface area contributed by atoms with Crippen LogP contribution in [0.5, 0.6) is 0 Å². The highest BCUT2D eigenvalue weighted by Gasteiger charge is 2.49. The third-order valence-electron chi connectivity index (χ3n) is 3.00. The molecule has 0 heterocycles. The van der Waals surface area contributed by atoms with Gasteiger partial charge in [-0.1, -0.05) is 46.3 Å². The van der Waals surface area contributed by atoms with Gasteiger partial charge in [-0.3, -0.25) is 9.59 Å². The summed E-state index contributed by atoms with van der Waals surface area (Å²) in [6.07, 6.45) is 0.749. The van der Waals surface area contributed by atoms with Gasteiger partial charge >= 0.3 is 0 Å². The van der Waals surface area contributed by atoms with E-state index in [1.165, 1.54) is 0 Å². The molecule has 2 rings (SSSR count). The van der Waals surface area contributed by atoms with Gasteiger partial charge in [0.05, 0.1) is 0 Å². The highest BCUT2D eigenvalue weighted by atomic mass is 79.9. The van der Waals surface area contributed by atoms with E-state index in [2.05, 4.69) is 15.9 Å². The normalized spacial score (nSPS) is 19.5. The van der Waals surface area contributed by atoms with Crippen LogP contribution in [0, 0.1) is 0 Å². The van der Waals surface area contributed by atoms with Gasteiger partial charge in [0, 0.05) is 18.2 Å². The fraction of sp³-hybridized carbons (Fsp3) is 0.333. The Kier molecular flexibility index (Phi) is 2.74. The number of Topliss-reactive ketones (excluding diaryl/α,β-unsaturated/α-hetero) is 2. The number of carbonyl (C=O) groups excluding carboxylic acids is 2. The van der Waals surface area contributed by atoms with Gasteiger partial charge in [-0.05, 0) is 5.56 Å². The molecule has 15 heavy (non-hydrogen) atoms. The maximum absolute atomic E-state index is 11.9. The summed E-state index contributed by atoms with van der Waals surface area (Å²) >= 11 is 3.31. The zero-order valence-corrected chi connectivity index (χ0v) is 9.79. The van der Waals surface area contributed by atoms with Gasteiger partial charge in [0.1, 0.15) is 5.41 Å². The Morgan fingerprint density at radius 3 is 2.07 bits per heavy atom. The number of rotatable bonds is 2. The van der Waals surface area contributed by atoms with Crippen LogP contribution in [0.4, 0.5) is 0 Å². The van der Waals surface area contributed by atoms with Crippen molar-refractivity contribution in [3.05, 3.63) is 35.9 Å². The molecule has 78 valence electrons. The molecule has 1 aliphatic carbocycles. The lowest BCUT2D eigenvalue weighted by atomic mass is 9.79. The maximum Gasteiger partial charge on any atom is 0.152 e. The Hall–Kier alpha value is -0.960. The number of carbonyl (C=O) groups is 2. The second-order valence-corrected chi connectivity index (χ2v) is 4.31. The first kappa shape index (κ1) is 10.6. The Labute approximate surface area is 96.8 Å². The number of benzene rings is 1. The van der Waals surface area contributed by atoms with Crippen molar-refractivity contribution in [1.29, 1.82) is 0 Å². The number of ketones is 2. The van der Waals surface area contributed by atoms with Gasteiger partial charge in [0.25, 0.3) is 0 Å². The van der Waals surface area contributed by atoms with Crippen LogP contribution in [0.15, 0.2) is 30.3 Å². The third kappa shape index (κ3) is 1.46. The number of hydrogen-bond acceptors (Lipinski definition) is 2. The zero-order valence-electron chi connectivity index (χ0n) is 8.20. The van der Waals surface area contributed by atoms with Gasteiger partial charge in [-0.2, -0.15) is 0 Å². The van der Waals surface area contributed by atoms with E-state index < -0.39 is 5.41 Å². The largest absolute Gasteiger partial charge is 0.298 e. The molecular weight excluding hydrogens is 256 g/mol. The summed E-state index contributed by atoms with van der Waals surface area (Å²) in [5, 5.41) is 0.391. The molecule has 1 saturated carbocycles. The van der Waals surface area contributed by atoms with Gasteiger partial charge in [-0.25, -0.2) is 0 Å². The summed E-state index contributed by atoms with van der Waals surface area (Å²) in [7, 11) is 0. The lowest BCUT2D eigenvalue weighted by Gasteiger charge is -2.23. The summed E-state index contributed by atoms with van der Waals surface area (Å²) in [4.78, 5) is 23.8. The smallest absolute Gasteiger partial charge is 0.152 e. The molecule has 0 saturated heterocycles. The summed E-state index contributed by atoms with van der Waals surface area (Å²) < 4.78 is 0. The van der Waals surface area contributed by atoms with Crippen molar-refractivity contribution in [3.8, 4) is 0 Å². The number of hydrogen-bond donors (Lipinski definition) is 0. The predicted molar refractivity (Wildman–Crippen MR) is 61.2 cm³/mol. The van der Waals surface area contributed by atoms with E-state index in [-0.39, 0.29) is 11.6 Å². The van der Waals surface area contributed by atoms with Crippen LogP contribution in [-0.2, 0) is 15.0 Å². The van der Waals surface area contributed by atoms with Crippen molar-refractivity contribution >= 4 is 27.5 Å². The first-order valence-electron chi connectivity index (χ1n) is 4.90. The quantitative estimate of drug-likeness (QED) is 0.608. The van der Waals surface area contributed by atoms with E-state index >= 15 is 0 Å². The standard InChI is InChI=1S/C12H11BrO2/c13-8-12(9-4-2-1-3-5-9)10(14)6-7-11(12)15/h1-5H,6-8H2. The molecule has 0 unspecified atom stereocenters. The van der Waals surface area contributed by atoms with Gasteiger partial charge in [0.15, 0.2) is 11.6 Å². The molecule has 0 spiro atoms. The summed E-state index contributed by atoms with van der Waals surface area (Å²) in [5.74, 6) is 0.0751. The van der Waals surface area contributed by atoms with Gasteiger partial charge in [-0.15, -0.1) is 0 Å². The predicted octanol–water partition coefficient (Wildman–Crippen LogP) is 2.25. The van der Waals surface area contributed by atoms with Crippen LogP contribution >= 0.6 is 15.9 Å². The minimum Gasteiger partial charge on any atom is -0.298 e. The summed E-state index contributed by atoms with van der Waals surface area (Å²) in [5.41, 5.74) is -0.101. The minimum absolute atomic E-state index is 0.0376. The van der Waals surface area contributed by atoms with Crippen LogP contribution in [0.1, 0.15) is 18.4 Å². The van der Waals surface area contributed by atoms with Crippen molar-refractivity contribution in [2.45, 2.75) is 18.3 Å². The SMILES string of the molecule is O=C1CCC(=O)C1(CBr)c1ccccc1. The van der Waals surface area contributed by atoms with E-state index in [0.717, 1.165) is 5.56 Å². The number of alkyl halides is 1. The monoisotopic (exact) mass is 266 g/mol. The highest BCUT2D eigenvalue weighted by Crippen LogP contribution is 2.36. The Bertz CT molecular complexity index is 381. The molecule has 2 nitrogen and oxygen atoms in total. The van der Waals surface area contributed by atoms with Crippen molar-refractivity contribution < 1.29 is 9.59 Å². The molecule has 0 radical (unpaired) electrons. The second-order valence-electron chi connectivity index (χ2n) is 3.75. The van der Waals surface area contributed by atoms with Crippen LogP contribution in [0.2, 0.25) is 0 Å². The van der Waals surface area contributed by atoms with Gasteiger partial charge in [0.2, 0.25) is 0 Å². The first-order valence-corrected chi connectivity index (χ1v) is 6.02. The van der Waals surface area contributed by atoms with E-state index in [9.17, 15) is 9.59 Å². The molecular formula is C12H11BrO2. The van der Waals surface area contributed by atoms with Crippen LogP contribution in [-0.4, -0.2) is 16.9 Å². The number of halogens is 1. The lowest BCUT2D eigenvalue weighted by molar-refractivity contribution is -0.128. The molecule has 1 aromatic rings. The third-order valence-corrected chi connectivity index (χ3v) is 3.84. The van der Waals surface area contributed by atoms with E-state index in [4.69, 9.17) is 0 Å². The van der Waals surface area contributed by atoms with E-state index in [0.29, 0.717) is 18.2 Å². The van der Waals surface area contributed by atoms with E-state index in [1.807, 2.05) is 30.3 Å². The Morgan fingerprint density at radius 2 is 1.60 bits per heavy atom. The molecule has 0 amide bonds. The van der Waals surface area contributed by atoms with E-state index in [1.54, 1.807) is 0 Å². The molecule has 1 aromatic carbocycles. The average Bonchev–Trinajstić information content (AvgIpc) is 2.57. The van der Waals surface area contributed by atoms with Crippen molar-refractivity contribution in [3.63, 3.8) is 0 Å². The van der Waals surface area contributed by atoms with Gasteiger partial charge < -0.3 is 0 Å². The topological polar surface area (TPSA) is 34.1 Å². The highest BCUT2D eigenvalue weighted by molar-refractivity contribution is 9.09. The van der Waals surface area contributed by atoms with Crippen LogP contribution < -0.4 is 0 Å². The first-order chi connectivity index (χ1) is 7.21. The summed E-state index contributed by atoms with van der Waals surface area (Å²) in [6, 6.07) is 9.30. The van der Waals surface area contributed by atoms with Crippen molar-refractivity contribution in [2.24, 2.45) is 0 Å². The second kappa shape index (κ2) is 3.89. The molecule has 0 N–H and O–H groups in total. The zero-order chi connectivity index (χ0) is 10.9. The Morgan fingerprint density at radius 1 is 1.07 bits per heavy atom. The fourth-order valence-electron chi connectivity index (χ4n) is 2.08. The lowest BCUT2D eigenvalue weighted by Crippen LogP contribution is -2.39. The minimum atomic E-state index is -0.915. The van der Waals surface area contributed by atoms with Crippen molar-refractivity contribution in [1.82, 2.24) is 0 Å². The Balaban J connectivity index is 2.55. The molecule has 1 fully saturated rings. The maximum atomic E-state index is 11.9. The molecule has 0 aliphatic heterocycles. The summed E-state index contributed by atoms with van der Waals surface area (Å²) in [6.45, 7) is 0. The molecule has 0 atom stereocenters. The molecule has 0 aromatic heterocycles. The fourth-order valence-corrected chi connectivity index (χ4v) is 3.03.